The van der Waals surface area contributed by atoms with Gasteiger partial charge in [0.25, 0.3) is 0 Å². The number of hydrogen-bond donors (Lipinski definition) is 4. The number of ether oxygens (including phenoxy) is 2. The van der Waals surface area contributed by atoms with E-state index in [-0.39, 0.29) is 42.9 Å². The molecule has 0 aliphatic heterocycles. The normalized spacial score (nSPS) is 14.4. The van der Waals surface area contributed by atoms with E-state index in [0.717, 1.165) is 5.56 Å². The summed E-state index contributed by atoms with van der Waals surface area (Å²) in [5.74, 6) is -0.606. The summed E-state index contributed by atoms with van der Waals surface area (Å²) in [7, 11) is 1.40. The minimum Gasteiger partial charge on any atom is -0.497 e. The van der Waals surface area contributed by atoms with E-state index in [4.69, 9.17) is 9.47 Å². The molecule has 0 aromatic heterocycles. The van der Waals surface area contributed by atoms with E-state index in [0.29, 0.717) is 5.75 Å². The van der Waals surface area contributed by atoms with E-state index in [1.54, 1.807) is 52.1 Å². The Balaban J connectivity index is 3.12. The molecule has 41 heavy (non-hydrogen) atoms. The summed E-state index contributed by atoms with van der Waals surface area (Å²) in [5.41, 5.74) is 0.0634. The lowest BCUT2D eigenvalue weighted by Gasteiger charge is -2.26. The van der Waals surface area contributed by atoms with Gasteiger partial charge in [-0.1, -0.05) is 39.8 Å². The largest absolute Gasteiger partial charge is 0.497 e. The Labute approximate surface area is 246 Å². The minimum atomic E-state index is -1.64. The van der Waals surface area contributed by atoms with E-state index >= 15 is 0 Å². The predicted octanol–water partition coefficient (Wildman–Crippen LogP) is 2.30. The highest BCUT2D eigenvalue weighted by Gasteiger charge is 2.32. The zero-order chi connectivity index (χ0) is 31.3. The first-order chi connectivity index (χ1) is 19.1. The van der Waals surface area contributed by atoms with Crippen LogP contribution in [-0.4, -0.2) is 77.4 Å². The molecule has 1 aromatic rings. The molecule has 12 heteroatoms. The van der Waals surface area contributed by atoms with Crippen LogP contribution in [0.4, 0.5) is 4.79 Å². The number of amides is 4. The van der Waals surface area contributed by atoms with Gasteiger partial charge in [0.2, 0.25) is 17.7 Å². The van der Waals surface area contributed by atoms with Crippen molar-refractivity contribution < 1.29 is 32.9 Å². The summed E-state index contributed by atoms with van der Waals surface area (Å²) in [6.45, 7) is 12.5. The molecule has 4 amide bonds. The molecule has 1 aromatic carbocycles. The molecule has 0 saturated heterocycles. The van der Waals surface area contributed by atoms with Crippen molar-refractivity contribution >= 4 is 34.6 Å². The molecule has 0 aliphatic carbocycles. The van der Waals surface area contributed by atoms with Gasteiger partial charge in [-0.25, -0.2) is 4.79 Å². The van der Waals surface area contributed by atoms with Crippen LogP contribution >= 0.6 is 0 Å². The third-order valence-corrected chi connectivity index (χ3v) is 7.77. The van der Waals surface area contributed by atoms with Crippen molar-refractivity contribution in [3.05, 3.63) is 29.8 Å². The van der Waals surface area contributed by atoms with Gasteiger partial charge in [-0.15, -0.1) is 0 Å². The van der Waals surface area contributed by atoms with Gasteiger partial charge >= 0.3 is 6.09 Å². The van der Waals surface area contributed by atoms with Gasteiger partial charge in [-0.05, 0) is 56.7 Å². The summed E-state index contributed by atoms with van der Waals surface area (Å²) >= 11 is 0. The molecule has 11 nitrogen and oxygen atoms in total. The monoisotopic (exact) mass is 596 g/mol. The number of likely N-dealkylation sites (N-methyl/N-ethyl adjacent to an activating group) is 1. The standard InChI is InChI=1S/C29H48N4O7S/c1-18(2)14-22(26(35)32-23(25(34)30-8)15-20-10-12-21(39-9)13-11-20)33-27(36)24(41(38)17-19(3)4)16-31-28(37)40-29(5,6)7/h10-13,18-19,22-24H,14-17H2,1-9H3,(H,30,34)(H,31,37)(H,32,35)(H,33,36)/t22-,23-,24?,41?/m0/s1. The van der Waals surface area contributed by atoms with Crippen LogP contribution in [0.25, 0.3) is 0 Å². The van der Waals surface area contributed by atoms with E-state index in [1.807, 2.05) is 27.7 Å². The molecule has 0 spiro atoms. The summed E-state index contributed by atoms with van der Waals surface area (Å²) < 4.78 is 23.5. The second kappa shape index (κ2) is 17.0. The van der Waals surface area contributed by atoms with Crippen LogP contribution in [0.15, 0.2) is 24.3 Å². The molecule has 0 heterocycles. The Morgan fingerprint density at radius 2 is 1.46 bits per heavy atom. The molecular formula is C29H48N4O7S. The van der Waals surface area contributed by atoms with Crippen molar-refractivity contribution in [1.29, 1.82) is 0 Å². The van der Waals surface area contributed by atoms with E-state index in [2.05, 4.69) is 21.3 Å². The van der Waals surface area contributed by atoms with Crippen LogP contribution in [0.1, 0.15) is 60.5 Å². The predicted molar refractivity (Wildman–Crippen MR) is 160 cm³/mol. The average molecular weight is 597 g/mol. The summed E-state index contributed by atoms with van der Waals surface area (Å²) in [6, 6.07) is 5.25. The Hall–Kier alpha value is -3.15. The van der Waals surface area contributed by atoms with Gasteiger partial charge in [-0.2, -0.15) is 0 Å². The second-order valence-corrected chi connectivity index (χ2v) is 13.4. The molecule has 0 saturated carbocycles. The van der Waals surface area contributed by atoms with Gasteiger partial charge in [-0.3, -0.25) is 18.6 Å². The summed E-state index contributed by atoms with van der Waals surface area (Å²) in [5, 5.41) is 9.49. The number of alkyl carbamates (subject to hydrolysis) is 1. The molecule has 0 aliphatic rings. The van der Waals surface area contributed by atoms with Gasteiger partial charge in [0.15, 0.2) is 0 Å². The average Bonchev–Trinajstić information content (AvgIpc) is 2.86. The smallest absolute Gasteiger partial charge is 0.407 e. The van der Waals surface area contributed by atoms with Crippen LogP contribution in [0.2, 0.25) is 0 Å². The van der Waals surface area contributed by atoms with Crippen molar-refractivity contribution in [2.75, 3.05) is 26.5 Å². The molecule has 4 atom stereocenters. The van der Waals surface area contributed by atoms with Crippen LogP contribution in [0, 0.1) is 11.8 Å². The lowest BCUT2D eigenvalue weighted by Crippen LogP contribution is -2.57. The Kier molecular flexibility index (Phi) is 14.8. The van der Waals surface area contributed by atoms with Crippen LogP contribution in [0.5, 0.6) is 5.75 Å². The molecule has 4 N–H and O–H groups in total. The topological polar surface area (TPSA) is 152 Å². The van der Waals surface area contributed by atoms with Crippen LogP contribution < -0.4 is 26.0 Å². The fraction of sp³-hybridized carbons (Fsp3) is 0.655. The Morgan fingerprint density at radius 1 is 0.878 bits per heavy atom. The molecule has 1 rings (SSSR count). The lowest BCUT2D eigenvalue weighted by atomic mass is 10.0. The molecule has 0 fully saturated rings. The zero-order valence-corrected chi connectivity index (χ0v) is 26.6. The Bertz CT molecular complexity index is 1040. The SMILES string of the molecule is CNC(=O)[C@H](Cc1ccc(OC)cc1)NC(=O)[C@H](CC(C)C)NC(=O)C(CNC(=O)OC(C)(C)C)S(=O)CC(C)C. The van der Waals surface area contributed by atoms with Crippen molar-refractivity contribution in [1.82, 2.24) is 21.3 Å². The van der Waals surface area contributed by atoms with E-state index in [9.17, 15) is 23.4 Å². The summed E-state index contributed by atoms with van der Waals surface area (Å²) in [4.78, 5) is 51.8. The van der Waals surface area contributed by atoms with Crippen molar-refractivity contribution in [3.63, 3.8) is 0 Å². The van der Waals surface area contributed by atoms with Gasteiger partial charge < -0.3 is 30.7 Å². The first-order valence-corrected chi connectivity index (χ1v) is 15.2. The fourth-order valence-electron chi connectivity index (χ4n) is 3.86. The minimum absolute atomic E-state index is 0.0191. The highest BCUT2D eigenvalue weighted by molar-refractivity contribution is 7.86. The molecule has 0 radical (unpaired) electrons. The number of carbonyl (C=O) groups is 4. The molecule has 2 unspecified atom stereocenters. The molecule has 0 bridgehead atoms. The number of hydrogen-bond acceptors (Lipinski definition) is 7. The van der Waals surface area contributed by atoms with Gasteiger partial charge in [0, 0.05) is 36.6 Å². The number of carbonyl (C=O) groups excluding carboxylic acids is 4. The van der Waals surface area contributed by atoms with Crippen molar-refractivity contribution in [3.8, 4) is 5.75 Å². The van der Waals surface area contributed by atoms with E-state index in [1.165, 1.54) is 7.05 Å². The van der Waals surface area contributed by atoms with Crippen molar-refractivity contribution in [2.24, 2.45) is 11.8 Å². The van der Waals surface area contributed by atoms with Gasteiger partial charge in [0.1, 0.15) is 28.7 Å². The maximum Gasteiger partial charge on any atom is 0.407 e. The highest BCUT2D eigenvalue weighted by atomic mass is 32.2. The lowest BCUT2D eigenvalue weighted by molar-refractivity contribution is -0.132. The van der Waals surface area contributed by atoms with Gasteiger partial charge in [0.05, 0.1) is 7.11 Å². The van der Waals surface area contributed by atoms with E-state index < -0.39 is 51.6 Å². The number of rotatable bonds is 15. The fourth-order valence-corrected chi connectivity index (χ4v) is 5.33. The maximum atomic E-state index is 13.4. The number of nitrogens with one attached hydrogen (secondary N) is 4. The third-order valence-electron chi connectivity index (χ3n) is 5.76. The van der Waals surface area contributed by atoms with Crippen LogP contribution in [-0.2, 0) is 36.3 Å². The quantitative estimate of drug-likeness (QED) is 0.242. The zero-order valence-electron chi connectivity index (χ0n) is 25.8. The Morgan fingerprint density at radius 3 is 1.95 bits per heavy atom. The second-order valence-electron chi connectivity index (χ2n) is 11.7. The molecule has 232 valence electrons. The highest BCUT2D eigenvalue weighted by Crippen LogP contribution is 2.14. The molecular weight excluding hydrogens is 548 g/mol. The number of methoxy groups -OCH3 is 1. The maximum absolute atomic E-state index is 13.4. The van der Waals surface area contributed by atoms with Crippen molar-refractivity contribution in [2.45, 2.75) is 84.2 Å². The summed E-state index contributed by atoms with van der Waals surface area (Å²) in [6.07, 6.45) is -0.234. The van der Waals surface area contributed by atoms with Crippen LogP contribution in [0.3, 0.4) is 0 Å². The third kappa shape index (κ3) is 13.8. The first kappa shape index (κ1) is 35.9. The first-order valence-electron chi connectivity index (χ1n) is 13.9. The number of benzene rings is 1.